The quantitative estimate of drug-likeness (QED) is 0.632. The lowest BCUT2D eigenvalue weighted by atomic mass is 10.5. The first-order chi connectivity index (χ1) is 4.84. The monoisotopic (exact) mass is 140 g/mol. The molecule has 0 radical (unpaired) electrons. The van der Waals surface area contributed by atoms with Crippen LogP contribution in [-0.4, -0.2) is 28.6 Å². The van der Waals surface area contributed by atoms with Crippen molar-refractivity contribution in [2.24, 2.45) is 0 Å². The number of hydrogen-bond acceptors (Lipinski definition) is 3. The van der Waals surface area contributed by atoms with Crippen molar-refractivity contribution in [2.45, 2.75) is 13.5 Å². The molecule has 1 rings (SSSR count). The highest BCUT2D eigenvalue weighted by molar-refractivity contribution is 4.88. The van der Waals surface area contributed by atoms with Gasteiger partial charge >= 0.3 is 0 Å². The average molecular weight is 140 g/mol. The lowest BCUT2D eigenvalue weighted by Gasteiger charge is -2.00. The summed E-state index contributed by atoms with van der Waals surface area (Å²) in [5.74, 6) is 0. The van der Waals surface area contributed by atoms with Gasteiger partial charge in [-0.3, -0.25) is 0 Å². The minimum atomic E-state index is 0.891. The van der Waals surface area contributed by atoms with Gasteiger partial charge in [-0.15, -0.1) is 5.10 Å². The lowest BCUT2D eigenvalue weighted by Crippen LogP contribution is -2.16. The molecule has 0 spiro atoms. The molecule has 0 saturated carbocycles. The molecular formula is C6H12N4. The Labute approximate surface area is 60.2 Å². The first kappa shape index (κ1) is 7.21. The minimum absolute atomic E-state index is 0.891. The maximum Gasteiger partial charge on any atom is 0.0722 e. The van der Waals surface area contributed by atoms with E-state index in [-0.39, 0.29) is 0 Å². The first-order valence-electron chi connectivity index (χ1n) is 3.34. The van der Waals surface area contributed by atoms with Gasteiger partial charge in [0.1, 0.15) is 0 Å². The minimum Gasteiger partial charge on any atom is -0.318 e. The zero-order chi connectivity index (χ0) is 7.40. The number of aromatic nitrogens is 3. The molecule has 0 amide bonds. The summed E-state index contributed by atoms with van der Waals surface area (Å²) in [7, 11) is 1.92. The Kier molecular flexibility index (Phi) is 2.39. The lowest BCUT2D eigenvalue weighted by molar-refractivity contribution is 0.554. The molecule has 0 aliphatic heterocycles. The zero-order valence-electron chi connectivity index (χ0n) is 6.33. The fourth-order valence-corrected chi connectivity index (χ4v) is 0.748. The highest BCUT2D eigenvalue weighted by Crippen LogP contribution is 1.90. The van der Waals surface area contributed by atoms with Gasteiger partial charge in [-0.2, -0.15) is 0 Å². The van der Waals surface area contributed by atoms with E-state index in [0.717, 1.165) is 18.8 Å². The van der Waals surface area contributed by atoms with E-state index >= 15 is 0 Å². The van der Waals surface area contributed by atoms with Gasteiger partial charge in [-0.25, -0.2) is 4.68 Å². The van der Waals surface area contributed by atoms with E-state index in [1.54, 1.807) is 6.20 Å². The largest absolute Gasteiger partial charge is 0.318 e. The Balaban J connectivity index is 2.49. The van der Waals surface area contributed by atoms with Crippen molar-refractivity contribution in [3.63, 3.8) is 0 Å². The molecule has 1 aromatic rings. The molecule has 0 fully saturated rings. The van der Waals surface area contributed by atoms with Gasteiger partial charge in [-0.1, -0.05) is 5.21 Å². The van der Waals surface area contributed by atoms with Gasteiger partial charge in [0.2, 0.25) is 0 Å². The van der Waals surface area contributed by atoms with Crippen molar-refractivity contribution in [1.29, 1.82) is 0 Å². The van der Waals surface area contributed by atoms with Crippen LogP contribution in [0.15, 0.2) is 6.20 Å². The second-order valence-corrected chi connectivity index (χ2v) is 2.20. The van der Waals surface area contributed by atoms with Gasteiger partial charge in [-0.05, 0) is 14.0 Å². The molecule has 0 saturated heterocycles. The summed E-state index contributed by atoms with van der Waals surface area (Å²) < 4.78 is 1.87. The summed E-state index contributed by atoms with van der Waals surface area (Å²) >= 11 is 0. The van der Waals surface area contributed by atoms with Crippen molar-refractivity contribution in [2.75, 3.05) is 13.6 Å². The van der Waals surface area contributed by atoms with Gasteiger partial charge in [0, 0.05) is 6.54 Å². The number of rotatable bonds is 3. The Morgan fingerprint density at radius 2 is 2.50 bits per heavy atom. The maximum atomic E-state index is 3.88. The van der Waals surface area contributed by atoms with Crippen LogP contribution >= 0.6 is 0 Å². The molecule has 4 heteroatoms. The van der Waals surface area contributed by atoms with Crippen LogP contribution in [0.2, 0.25) is 0 Å². The molecule has 0 aliphatic rings. The normalized spacial score (nSPS) is 10.2. The Bertz CT molecular complexity index is 193. The fraction of sp³-hybridized carbons (Fsp3) is 0.667. The highest BCUT2D eigenvalue weighted by Gasteiger charge is 1.94. The second kappa shape index (κ2) is 3.31. The van der Waals surface area contributed by atoms with Gasteiger partial charge < -0.3 is 5.32 Å². The molecule has 56 valence electrons. The topological polar surface area (TPSA) is 42.7 Å². The van der Waals surface area contributed by atoms with E-state index in [1.807, 2.05) is 18.7 Å². The van der Waals surface area contributed by atoms with Gasteiger partial charge in [0.05, 0.1) is 18.4 Å². The Morgan fingerprint density at radius 3 is 3.00 bits per heavy atom. The zero-order valence-corrected chi connectivity index (χ0v) is 6.33. The number of hydrogen-bond donors (Lipinski definition) is 1. The Hall–Kier alpha value is -0.900. The third-order valence-corrected chi connectivity index (χ3v) is 1.38. The first-order valence-corrected chi connectivity index (χ1v) is 3.34. The summed E-state index contributed by atoms with van der Waals surface area (Å²) in [4.78, 5) is 0. The summed E-state index contributed by atoms with van der Waals surface area (Å²) in [6.07, 6.45) is 1.76. The summed E-state index contributed by atoms with van der Waals surface area (Å²) in [6, 6.07) is 0. The van der Waals surface area contributed by atoms with Gasteiger partial charge in [0.25, 0.3) is 0 Å². The van der Waals surface area contributed by atoms with E-state index in [9.17, 15) is 0 Å². The van der Waals surface area contributed by atoms with Crippen LogP contribution in [0.1, 0.15) is 5.69 Å². The van der Waals surface area contributed by atoms with Crippen LogP contribution in [0.4, 0.5) is 0 Å². The number of nitrogens with zero attached hydrogens (tertiary/aromatic N) is 3. The molecule has 4 nitrogen and oxygen atoms in total. The molecule has 1 heterocycles. The third-order valence-electron chi connectivity index (χ3n) is 1.38. The molecule has 1 aromatic heterocycles. The molecule has 0 aliphatic carbocycles. The second-order valence-electron chi connectivity index (χ2n) is 2.20. The van der Waals surface area contributed by atoms with Crippen molar-refractivity contribution >= 4 is 0 Å². The molecule has 0 bridgehead atoms. The molecule has 0 aromatic carbocycles. The van der Waals surface area contributed by atoms with Crippen LogP contribution in [0, 0.1) is 6.92 Å². The van der Waals surface area contributed by atoms with Crippen LogP contribution in [-0.2, 0) is 6.54 Å². The standard InChI is InChI=1S/C6H12N4/c1-6-5-8-9-10(6)4-3-7-2/h5,7H,3-4H2,1-2H3. The van der Waals surface area contributed by atoms with E-state index in [1.165, 1.54) is 0 Å². The molecule has 0 atom stereocenters. The van der Waals surface area contributed by atoms with Crippen molar-refractivity contribution < 1.29 is 0 Å². The third kappa shape index (κ3) is 1.54. The molecule has 10 heavy (non-hydrogen) atoms. The molecule has 1 N–H and O–H groups in total. The molecule has 0 unspecified atom stereocenters. The fourth-order valence-electron chi connectivity index (χ4n) is 0.748. The highest BCUT2D eigenvalue weighted by atomic mass is 15.4. The summed E-state index contributed by atoms with van der Waals surface area (Å²) in [5, 5.41) is 10.7. The Morgan fingerprint density at radius 1 is 1.70 bits per heavy atom. The number of aryl methyl sites for hydroxylation is 1. The van der Waals surface area contributed by atoms with E-state index < -0.39 is 0 Å². The van der Waals surface area contributed by atoms with Crippen LogP contribution < -0.4 is 5.32 Å². The number of nitrogens with one attached hydrogen (secondary N) is 1. The summed E-state index contributed by atoms with van der Waals surface area (Å²) in [6.45, 7) is 3.82. The SMILES string of the molecule is CNCCn1nncc1C. The van der Waals surface area contributed by atoms with Crippen LogP contribution in [0.25, 0.3) is 0 Å². The summed E-state index contributed by atoms with van der Waals surface area (Å²) in [5.41, 5.74) is 1.11. The van der Waals surface area contributed by atoms with Crippen LogP contribution in [0.5, 0.6) is 0 Å². The van der Waals surface area contributed by atoms with E-state index in [0.29, 0.717) is 0 Å². The van der Waals surface area contributed by atoms with Crippen molar-refractivity contribution in [1.82, 2.24) is 20.3 Å². The molecular weight excluding hydrogens is 128 g/mol. The predicted octanol–water partition coefficient (Wildman–Crippen LogP) is -0.194. The van der Waals surface area contributed by atoms with E-state index in [4.69, 9.17) is 0 Å². The number of likely N-dealkylation sites (N-methyl/N-ethyl adjacent to an activating group) is 1. The van der Waals surface area contributed by atoms with Crippen LogP contribution in [0.3, 0.4) is 0 Å². The van der Waals surface area contributed by atoms with E-state index in [2.05, 4.69) is 15.6 Å². The average Bonchev–Trinajstić information content (AvgIpc) is 2.31. The van der Waals surface area contributed by atoms with Crippen molar-refractivity contribution in [3.8, 4) is 0 Å². The van der Waals surface area contributed by atoms with Gasteiger partial charge in [0.15, 0.2) is 0 Å². The smallest absolute Gasteiger partial charge is 0.0722 e. The maximum absolute atomic E-state index is 3.88. The predicted molar refractivity (Wildman–Crippen MR) is 38.7 cm³/mol. The van der Waals surface area contributed by atoms with Crippen molar-refractivity contribution in [3.05, 3.63) is 11.9 Å².